The summed E-state index contributed by atoms with van der Waals surface area (Å²) in [4.78, 5) is 0. The fraction of sp³-hybridized carbons (Fsp3) is 0.364. The molecule has 2 aliphatic rings. The predicted molar refractivity (Wildman–Crippen MR) is 99.4 cm³/mol. The van der Waals surface area contributed by atoms with Crippen molar-refractivity contribution in [1.29, 1.82) is 0 Å². The normalized spacial score (nSPS) is 22.0. The van der Waals surface area contributed by atoms with Gasteiger partial charge in [0.1, 0.15) is 0 Å². The van der Waals surface area contributed by atoms with Gasteiger partial charge in [0.2, 0.25) is 0 Å². The summed E-state index contributed by atoms with van der Waals surface area (Å²) in [5.74, 6) is 0. The highest BCUT2D eigenvalue weighted by Crippen LogP contribution is 2.42. The van der Waals surface area contributed by atoms with Crippen LogP contribution in [0.2, 0.25) is 0 Å². The van der Waals surface area contributed by atoms with Crippen LogP contribution in [-0.2, 0) is 19.4 Å². The first-order chi connectivity index (χ1) is 11.8. The molecule has 1 fully saturated rings. The number of aryl methyl sites for hydroxylation is 3. The highest BCUT2D eigenvalue weighted by Gasteiger charge is 2.36. The summed E-state index contributed by atoms with van der Waals surface area (Å²) in [5.41, 5.74) is 7.49. The molecule has 122 valence electrons. The number of fused-ring (bicyclic) bond motifs is 6. The molecule has 1 N–H and O–H groups in total. The number of hydrogen-bond donors (Lipinski definition) is 1. The third kappa shape index (κ3) is 2.13. The van der Waals surface area contributed by atoms with E-state index in [0.29, 0.717) is 12.1 Å². The van der Waals surface area contributed by atoms with Gasteiger partial charge in [-0.05, 0) is 48.9 Å². The predicted octanol–water partition coefficient (Wildman–Crippen LogP) is 4.54. The number of nitrogens with zero attached hydrogens (tertiary/aromatic N) is 1. The van der Waals surface area contributed by atoms with Crippen LogP contribution in [0.5, 0.6) is 0 Å². The molecular weight excluding hydrogens is 292 g/mol. The zero-order valence-corrected chi connectivity index (χ0v) is 14.3. The van der Waals surface area contributed by atoms with E-state index in [1.807, 2.05) is 0 Å². The van der Waals surface area contributed by atoms with Crippen molar-refractivity contribution in [2.24, 2.45) is 0 Å². The van der Waals surface area contributed by atoms with Crippen LogP contribution in [0.4, 0.5) is 0 Å². The fourth-order valence-corrected chi connectivity index (χ4v) is 4.84. The number of hydrogen-bond acceptors (Lipinski definition) is 1. The second-order valence-electron chi connectivity index (χ2n) is 7.41. The Bertz CT molecular complexity index is 891. The van der Waals surface area contributed by atoms with E-state index >= 15 is 0 Å². The molecule has 1 aromatic heterocycles. The van der Waals surface area contributed by atoms with Crippen molar-refractivity contribution >= 4 is 10.9 Å². The molecule has 5 rings (SSSR count). The maximum Gasteiger partial charge on any atom is 0.0488 e. The van der Waals surface area contributed by atoms with Crippen LogP contribution in [-0.4, -0.2) is 10.6 Å². The quantitative estimate of drug-likeness (QED) is 0.750. The molecule has 2 bridgehead atoms. The van der Waals surface area contributed by atoms with Crippen LogP contribution in [0.15, 0.2) is 48.5 Å². The molecule has 0 radical (unpaired) electrons. The van der Waals surface area contributed by atoms with E-state index < -0.39 is 0 Å². The average Bonchev–Trinajstić information content (AvgIpc) is 3.14. The second kappa shape index (κ2) is 5.49. The molecule has 24 heavy (non-hydrogen) atoms. The minimum absolute atomic E-state index is 0.570. The van der Waals surface area contributed by atoms with E-state index in [4.69, 9.17) is 0 Å². The first kappa shape index (κ1) is 14.3. The lowest BCUT2D eigenvalue weighted by Crippen LogP contribution is -2.32. The highest BCUT2D eigenvalue weighted by molar-refractivity contribution is 5.89. The summed E-state index contributed by atoms with van der Waals surface area (Å²) in [5, 5.41) is 5.35. The Morgan fingerprint density at radius 2 is 1.92 bits per heavy atom. The lowest BCUT2D eigenvalue weighted by Gasteiger charge is -2.24. The summed E-state index contributed by atoms with van der Waals surface area (Å²) in [6, 6.07) is 18.9. The zero-order chi connectivity index (χ0) is 16.1. The van der Waals surface area contributed by atoms with E-state index in [2.05, 4.69) is 65.3 Å². The van der Waals surface area contributed by atoms with E-state index in [0.717, 1.165) is 13.0 Å². The minimum Gasteiger partial charge on any atom is -0.344 e. The van der Waals surface area contributed by atoms with Gasteiger partial charge in [-0.1, -0.05) is 42.5 Å². The largest absolute Gasteiger partial charge is 0.344 e. The molecule has 1 saturated heterocycles. The molecule has 2 aromatic carbocycles. The van der Waals surface area contributed by atoms with Crippen molar-refractivity contribution in [2.45, 2.75) is 51.2 Å². The van der Waals surface area contributed by atoms with E-state index in [9.17, 15) is 0 Å². The monoisotopic (exact) mass is 316 g/mol. The summed E-state index contributed by atoms with van der Waals surface area (Å²) in [6.45, 7) is 3.35. The van der Waals surface area contributed by atoms with Crippen molar-refractivity contribution in [3.05, 3.63) is 70.9 Å². The lowest BCUT2D eigenvalue weighted by molar-refractivity contribution is 0.495. The third-order valence-corrected chi connectivity index (χ3v) is 5.94. The maximum atomic E-state index is 3.84. The van der Waals surface area contributed by atoms with Crippen LogP contribution in [0.1, 0.15) is 41.3 Å². The van der Waals surface area contributed by atoms with Gasteiger partial charge in [0.15, 0.2) is 0 Å². The number of nitrogens with one attached hydrogen (secondary N) is 1. The van der Waals surface area contributed by atoms with Gasteiger partial charge in [-0.2, -0.15) is 0 Å². The standard InChI is InChI=1S/C22H24N2/c1-15-6-5-9-19-21(15)22-18-11-10-17(23-18)14-20(22)24(19)13-12-16-7-3-2-4-8-16/h2-9,17-18,23H,10-14H2,1H3. The van der Waals surface area contributed by atoms with E-state index in [1.54, 1.807) is 11.3 Å². The van der Waals surface area contributed by atoms with Crippen LogP contribution in [0.25, 0.3) is 10.9 Å². The molecule has 2 heteroatoms. The molecular formula is C22H24N2. The molecule has 0 aliphatic carbocycles. The molecule has 3 aromatic rings. The van der Waals surface area contributed by atoms with Gasteiger partial charge in [-0.3, -0.25) is 0 Å². The van der Waals surface area contributed by atoms with Crippen molar-refractivity contribution in [3.63, 3.8) is 0 Å². The van der Waals surface area contributed by atoms with Crippen molar-refractivity contribution in [3.8, 4) is 0 Å². The number of aromatic nitrogens is 1. The average molecular weight is 316 g/mol. The lowest BCUT2D eigenvalue weighted by atomic mass is 9.97. The zero-order valence-electron chi connectivity index (χ0n) is 14.3. The van der Waals surface area contributed by atoms with Gasteiger partial charge in [-0.25, -0.2) is 0 Å². The van der Waals surface area contributed by atoms with Crippen LogP contribution < -0.4 is 5.32 Å². The molecule has 0 saturated carbocycles. The van der Waals surface area contributed by atoms with Crippen molar-refractivity contribution in [1.82, 2.24) is 9.88 Å². The minimum atomic E-state index is 0.570. The van der Waals surface area contributed by atoms with Gasteiger partial charge < -0.3 is 9.88 Å². The summed E-state index contributed by atoms with van der Waals surface area (Å²) in [7, 11) is 0. The molecule has 2 atom stereocenters. The van der Waals surface area contributed by atoms with Crippen LogP contribution in [0, 0.1) is 6.92 Å². The van der Waals surface area contributed by atoms with Gasteiger partial charge in [0.25, 0.3) is 0 Å². The molecule has 0 spiro atoms. The Hall–Kier alpha value is -2.06. The summed E-state index contributed by atoms with van der Waals surface area (Å²) >= 11 is 0. The third-order valence-electron chi connectivity index (χ3n) is 5.94. The Morgan fingerprint density at radius 1 is 1.04 bits per heavy atom. The Morgan fingerprint density at radius 3 is 2.79 bits per heavy atom. The summed E-state index contributed by atoms with van der Waals surface area (Å²) < 4.78 is 2.62. The molecule has 2 unspecified atom stereocenters. The van der Waals surface area contributed by atoms with Crippen molar-refractivity contribution < 1.29 is 0 Å². The Kier molecular flexibility index (Phi) is 3.27. The summed E-state index contributed by atoms with van der Waals surface area (Å²) in [6.07, 6.45) is 4.91. The molecule has 0 amide bonds. The van der Waals surface area contributed by atoms with Gasteiger partial charge in [0, 0.05) is 41.6 Å². The molecule has 3 heterocycles. The number of benzene rings is 2. The SMILES string of the molecule is Cc1cccc2c1c1c(n2CCc2ccccc2)CC2CCC1N2. The van der Waals surface area contributed by atoms with Gasteiger partial charge in [-0.15, -0.1) is 0 Å². The van der Waals surface area contributed by atoms with E-state index in [-0.39, 0.29) is 0 Å². The molecule has 2 aliphatic heterocycles. The number of rotatable bonds is 3. The maximum absolute atomic E-state index is 3.84. The van der Waals surface area contributed by atoms with Crippen molar-refractivity contribution in [2.75, 3.05) is 0 Å². The first-order valence-corrected chi connectivity index (χ1v) is 9.22. The smallest absolute Gasteiger partial charge is 0.0488 e. The first-order valence-electron chi connectivity index (χ1n) is 9.22. The fourth-order valence-electron chi connectivity index (χ4n) is 4.84. The highest BCUT2D eigenvalue weighted by atomic mass is 15.1. The van der Waals surface area contributed by atoms with Crippen LogP contribution in [0.3, 0.4) is 0 Å². The molecule has 2 nitrogen and oxygen atoms in total. The topological polar surface area (TPSA) is 17.0 Å². The second-order valence-corrected chi connectivity index (χ2v) is 7.41. The Labute approximate surface area is 143 Å². The van der Waals surface area contributed by atoms with E-state index in [1.165, 1.54) is 41.3 Å². The van der Waals surface area contributed by atoms with Gasteiger partial charge in [0.05, 0.1) is 0 Å². The Balaban J connectivity index is 1.63. The van der Waals surface area contributed by atoms with Crippen LogP contribution >= 0.6 is 0 Å². The van der Waals surface area contributed by atoms with Gasteiger partial charge >= 0.3 is 0 Å².